The largest absolute Gasteiger partial charge is 0.399 e. The lowest BCUT2D eigenvalue weighted by molar-refractivity contribution is 0.624. The highest BCUT2D eigenvalue weighted by Gasteiger charge is 2.03. The van der Waals surface area contributed by atoms with Crippen molar-refractivity contribution in [3.8, 4) is 0 Å². The third-order valence-corrected chi connectivity index (χ3v) is 2.75. The van der Waals surface area contributed by atoms with Crippen LogP contribution in [0.5, 0.6) is 0 Å². The molecule has 17 heavy (non-hydrogen) atoms. The summed E-state index contributed by atoms with van der Waals surface area (Å²) >= 11 is 0. The Kier molecular flexibility index (Phi) is 3.77. The molecule has 0 saturated carbocycles. The van der Waals surface area contributed by atoms with E-state index in [1.54, 1.807) is 0 Å². The van der Waals surface area contributed by atoms with E-state index in [9.17, 15) is 0 Å². The van der Waals surface area contributed by atoms with Gasteiger partial charge in [-0.05, 0) is 30.7 Å². The van der Waals surface area contributed by atoms with Gasteiger partial charge in [0.25, 0.3) is 0 Å². The zero-order valence-electron chi connectivity index (χ0n) is 9.84. The Morgan fingerprint density at radius 1 is 1.18 bits per heavy atom. The van der Waals surface area contributed by atoms with Crippen molar-refractivity contribution in [2.45, 2.75) is 19.4 Å². The maximum atomic E-state index is 5.66. The minimum absolute atomic E-state index is 0.708. The first-order chi connectivity index (χ1) is 8.29. The van der Waals surface area contributed by atoms with Crippen molar-refractivity contribution in [1.29, 1.82) is 0 Å². The molecule has 4 N–H and O–H groups in total. The van der Waals surface area contributed by atoms with Crippen molar-refractivity contribution >= 4 is 5.69 Å². The van der Waals surface area contributed by atoms with Gasteiger partial charge in [0, 0.05) is 31.0 Å². The van der Waals surface area contributed by atoms with Crippen LogP contribution in [0.1, 0.15) is 17.8 Å². The number of aromatic nitrogens is 2. The molecule has 4 heteroatoms. The van der Waals surface area contributed by atoms with Crippen LogP contribution in [0.4, 0.5) is 5.69 Å². The number of anilines is 1. The summed E-state index contributed by atoms with van der Waals surface area (Å²) in [5.41, 5.74) is 13.2. The van der Waals surface area contributed by atoms with E-state index < -0.39 is 0 Å². The predicted molar refractivity (Wildman–Crippen MR) is 69.6 cm³/mol. The average Bonchev–Trinajstić information content (AvgIpc) is 2.77. The molecule has 2 aromatic rings. The van der Waals surface area contributed by atoms with Crippen LogP contribution >= 0.6 is 0 Å². The summed E-state index contributed by atoms with van der Waals surface area (Å²) in [4.78, 5) is 4.38. The maximum Gasteiger partial charge on any atom is 0.113 e. The van der Waals surface area contributed by atoms with E-state index in [0.717, 1.165) is 30.9 Å². The normalized spacial score (nSPS) is 10.6. The van der Waals surface area contributed by atoms with Gasteiger partial charge >= 0.3 is 0 Å². The van der Waals surface area contributed by atoms with Crippen molar-refractivity contribution in [1.82, 2.24) is 9.55 Å². The van der Waals surface area contributed by atoms with Gasteiger partial charge in [0.1, 0.15) is 5.82 Å². The number of imidazole rings is 1. The van der Waals surface area contributed by atoms with E-state index in [1.165, 1.54) is 5.56 Å². The lowest BCUT2D eigenvalue weighted by Crippen LogP contribution is -2.08. The highest BCUT2D eigenvalue weighted by Crippen LogP contribution is 2.11. The zero-order chi connectivity index (χ0) is 12.1. The standard InChI is InChI=1S/C13H18N4/c14-6-1-8-17-9-7-16-13(17)10-11-2-4-12(15)5-3-11/h2-5,7,9H,1,6,8,10,14-15H2. The first-order valence-corrected chi connectivity index (χ1v) is 5.84. The molecule has 0 saturated heterocycles. The number of hydrogen-bond acceptors (Lipinski definition) is 3. The Morgan fingerprint density at radius 3 is 2.65 bits per heavy atom. The van der Waals surface area contributed by atoms with Crippen LogP contribution < -0.4 is 11.5 Å². The number of nitrogen functional groups attached to an aromatic ring is 1. The van der Waals surface area contributed by atoms with E-state index in [1.807, 2.05) is 36.7 Å². The number of aryl methyl sites for hydroxylation is 1. The molecule has 1 aromatic carbocycles. The van der Waals surface area contributed by atoms with Crippen molar-refractivity contribution in [2.24, 2.45) is 5.73 Å². The molecule has 4 nitrogen and oxygen atoms in total. The molecule has 0 aliphatic carbocycles. The Hall–Kier alpha value is -1.81. The van der Waals surface area contributed by atoms with Crippen LogP contribution in [0.15, 0.2) is 36.7 Å². The second-order valence-corrected chi connectivity index (χ2v) is 4.10. The van der Waals surface area contributed by atoms with Gasteiger partial charge in [-0.2, -0.15) is 0 Å². The quantitative estimate of drug-likeness (QED) is 0.763. The molecule has 0 unspecified atom stereocenters. The van der Waals surface area contributed by atoms with E-state index in [-0.39, 0.29) is 0 Å². The minimum Gasteiger partial charge on any atom is -0.399 e. The molecule has 0 bridgehead atoms. The molecule has 0 aliphatic heterocycles. The van der Waals surface area contributed by atoms with Crippen molar-refractivity contribution in [3.63, 3.8) is 0 Å². The fourth-order valence-electron chi connectivity index (χ4n) is 1.79. The number of hydrogen-bond donors (Lipinski definition) is 2. The molecule has 2 rings (SSSR count). The SMILES string of the molecule is NCCCn1ccnc1Cc1ccc(N)cc1. The Labute approximate surface area is 101 Å². The number of rotatable bonds is 5. The molecule has 90 valence electrons. The summed E-state index contributed by atoms with van der Waals surface area (Å²) < 4.78 is 2.16. The molecule has 1 heterocycles. The molecule has 0 amide bonds. The van der Waals surface area contributed by atoms with Gasteiger partial charge in [0.15, 0.2) is 0 Å². The van der Waals surface area contributed by atoms with Gasteiger partial charge in [-0.3, -0.25) is 0 Å². The molecule has 0 radical (unpaired) electrons. The Balaban J connectivity index is 2.07. The van der Waals surface area contributed by atoms with Crippen LogP contribution in [-0.4, -0.2) is 16.1 Å². The number of benzene rings is 1. The van der Waals surface area contributed by atoms with Crippen LogP contribution in [0.2, 0.25) is 0 Å². The maximum absolute atomic E-state index is 5.66. The monoisotopic (exact) mass is 230 g/mol. The molecule has 0 fully saturated rings. The summed E-state index contributed by atoms with van der Waals surface area (Å²) in [5, 5.41) is 0. The summed E-state index contributed by atoms with van der Waals surface area (Å²) in [6.07, 6.45) is 5.65. The molecular weight excluding hydrogens is 212 g/mol. The lowest BCUT2D eigenvalue weighted by Gasteiger charge is -2.07. The topological polar surface area (TPSA) is 69.9 Å². The van der Waals surface area contributed by atoms with Gasteiger partial charge in [0.2, 0.25) is 0 Å². The third kappa shape index (κ3) is 3.07. The second kappa shape index (κ2) is 5.50. The average molecular weight is 230 g/mol. The van der Waals surface area contributed by atoms with E-state index in [2.05, 4.69) is 9.55 Å². The summed E-state index contributed by atoms with van der Waals surface area (Å²) in [7, 11) is 0. The lowest BCUT2D eigenvalue weighted by atomic mass is 10.1. The molecule has 1 aromatic heterocycles. The van der Waals surface area contributed by atoms with Crippen LogP contribution in [0.3, 0.4) is 0 Å². The predicted octanol–water partition coefficient (Wildman–Crippen LogP) is 1.40. The molecular formula is C13H18N4. The van der Waals surface area contributed by atoms with Crippen LogP contribution in [0, 0.1) is 0 Å². The summed E-state index contributed by atoms with van der Waals surface area (Å²) in [6.45, 7) is 1.64. The Morgan fingerprint density at radius 2 is 1.94 bits per heavy atom. The van der Waals surface area contributed by atoms with Crippen molar-refractivity contribution in [2.75, 3.05) is 12.3 Å². The first kappa shape index (κ1) is 11.7. The van der Waals surface area contributed by atoms with Gasteiger partial charge in [-0.1, -0.05) is 12.1 Å². The first-order valence-electron chi connectivity index (χ1n) is 5.84. The van der Waals surface area contributed by atoms with Crippen LogP contribution in [-0.2, 0) is 13.0 Å². The molecule has 0 aliphatic rings. The highest BCUT2D eigenvalue weighted by atomic mass is 15.1. The summed E-state index contributed by atoms with van der Waals surface area (Å²) in [6, 6.07) is 7.92. The van der Waals surface area contributed by atoms with E-state index in [0.29, 0.717) is 6.54 Å². The van der Waals surface area contributed by atoms with Crippen molar-refractivity contribution in [3.05, 3.63) is 48.0 Å². The highest BCUT2D eigenvalue weighted by molar-refractivity contribution is 5.39. The second-order valence-electron chi connectivity index (χ2n) is 4.10. The van der Waals surface area contributed by atoms with Crippen molar-refractivity contribution < 1.29 is 0 Å². The van der Waals surface area contributed by atoms with Gasteiger partial charge < -0.3 is 16.0 Å². The minimum atomic E-state index is 0.708. The number of nitrogens with zero attached hydrogens (tertiary/aromatic N) is 2. The zero-order valence-corrected chi connectivity index (χ0v) is 9.84. The van der Waals surface area contributed by atoms with E-state index >= 15 is 0 Å². The third-order valence-electron chi connectivity index (χ3n) is 2.75. The fraction of sp³-hybridized carbons (Fsp3) is 0.308. The fourth-order valence-corrected chi connectivity index (χ4v) is 1.79. The smallest absolute Gasteiger partial charge is 0.113 e. The molecule has 0 spiro atoms. The van der Waals surface area contributed by atoms with Gasteiger partial charge in [0.05, 0.1) is 0 Å². The summed E-state index contributed by atoms with van der Waals surface area (Å²) in [5.74, 6) is 1.07. The molecule has 0 atom stereocenters. The van der Waals surface area contributed by atoms with E-state index in [4.69, 9.17) is 11.5 Å². The van der Waals surface area contributed by atoms with Gasteiger partial charge in [-0.15, -0.1) is 0 Å². The van der Waals surface area contributed by atoms with Gasteiger partial charge in [-0.25, -0.2) is 4.98 Å². The van der Waals surface area contributed by atoms with Crippen LogP contribution in [0.25, 0.3) is 0 Å². The Bertz CT molecular complexity index is 459. The number of nitrogens with two attached hydrogens (primary N) is 2.